The molecule has 6 heteroatoms. The average Bonchev–Trinajstić information content (AvgIpc) is 2.38. The maximum absolute atomic E-state index is 11.4. The Kier molecular flexibility index (Phi) is 7.01. The standard InChI is InChI=1S/C13H21NO4S/c1-2-8-19(16,17)14-9-13(15)11-18-10-12-6-4-3-5-7-12/h3-7,13-15H,2,8-11H2,1H3. The third kappa shape index (κ3) is 7.27. The molecule has 0 aromatic heterocycles. The first-order chi connectivity index (χ1) is 9.03. The zero-order chi connectivity index (χ0) is 14.1. The molecule has 1 aromatic rings. The van der Waals surface area contributed by atoms with Gasteiger partial charge in [-0.3, -0.25) is 0 Å². The molecular formula is C13H21NO4S. The summed E-state index contributed by atoms with van der Waals surface area (Å²) in [4.78, 5) is 0. The maximum Gasteiger partial charge on any atom is 0.211 e. The number of nitrogens with one attached hydrogen (secondary N) is 1. The quantitative estimate of drug-likeness (QED) is 0.707. The Morgan fingerprint density at radius 1 is 1.32 bits per heavy atom. The van der Waals surface area contributed by atoms with E-state index in [4.69, 9.17) is 4.74 Å². The van der Waals surface area contributed by atoms with Gasteiger partial charge in [0, 0.05) is 6.54 Å². The maximum atomic E-state index is 11.4. The highest BCUT2D eigenvalue weighted by Crippen LogP contribution is 2.01. The summed E-state index contributed by atoms with van der Waals surface area (Å²) in [5.41, 5.74) is 1.02. The molecule has 1 atom stereocenters. The van der Waals surface area contributed by atoms with Crippen molar-refractivity contribution >= 4 is 10.0 Å². The monoisotopic (exact) mass is 287 g/mol. The van der Waals surface area contributed by atoms with E-state index in [-0.39, 0.29) is 18.9 Å². The lowest BCUT2D eigenvalue weighted by Crippen LogP contribution is -2.35. The molecule has 0 radical (unpaired) electrons. The van der Waals surface area contributed by atoms with Crippen LogP contribution >= 0.6 is 0 Å². The van der Waals surface area contributed by atoms with Gasteiger partial charge in [0.25, 0.3) is 0 Å². The number of hydrogen-bond acceptors (Lipinski definition) is 4. The van der Waals surface area contributed by atoms with Crippen molar-refractivity contribution < 1.29 is 18.3 Å². The molecule has 0 amide bonds. The van der Waals surface area contributed by atoms with Gasteiger partial charge < -0.3 is 9.84 Å². The smallest absolute Gasteiger partial charge is 0.211 e. The molecule has 0 saturated heterocycles. The number of aliphatic hydroxyl groups excluding tert-OH is 1. The summed E-state index contributed by atoms with van der Waals surface area (Å²) >= 11 is 0. The van der Waals surface area contributed by atoms with Crippen LogP contribution in [0.3, 0.4) is 0 Å². The molecule has 0 aliphatic heterocycles. The van der Waals surface area contributed by atoms with Gasteiger partial charge in [0.1, 0.15) is 0 Å². The van der Waals surface area contributed by atoms with Crippen LogP contribution in [-0.2, 0) is 21.4 Å². The highest BCUT2D eigenvalue weighted by Gasteiger charge is 2.11. The van der Waals surface area contributed by atoms with Crippen LogP contribution in [0.25, 0.3) is 0 Å². The Labute approximate surface area is 114 Å². The lowest BCUT2D eigenvalue weighted by molar-refractivity contribution is 0.0312. The van der Waals surface area contributed by atoms with Crippen molar-refractivity contribution in [3.8, 4) is 0 Å². The molecule has 0 aliphatic rings. The first kappa shape index (κ1) is 16.1. The van der Waals surface area contributed by atoms with Gasteiger partial charge in [-0.05, 0) is 12.0 Å². The topological polar surface area (TPSA) is 75.6 Å². The number of hydrogen-bond donors (Lipinski definition) is 2. The molecule has 108 valence electrons. The third-order valence-electron chi connectivity index (χ3n) is 2.43. The van der Waals surface area contributed by atoms with Crippen LogP contribution in [0.5, 0.6) is 0 Å². The molecule has 0 fully saturated rings. The molecule has 19 heavy (non-hydrogen) atoms. The molecular weight excluding hydrogens is 266 g/mol. The van der Waals surface area contributed by atoms with Crippen LogP contribution in [0, 0.1) is 0 Å². The predicted molar refractivity (Wildman–Crippen MR) is 74.2 cm³/mol. The van der Waals surface area contributed by atoms with E-state index in [2.05, 4.69) is 4.72 Å². The zero-order valence-corrected chi connectivity index (χ0v) is 11.9. The van der Waals surface area contributed by atoms with Crippen molar-refractivity contribution in [2.45, 2.75) is 26.1 Å². The minimum Gasteiger partial charge on any atom is -0.389 e. The second kappa shape index (κ2) is 8.27. The average molecular weight is 287 g/mol. The Hall–Kier alpha value is -0.950. The minimum absolute atomic E-state index is 0.0167. The Morgan fingerprint density at radius 2 is 2.00 bits per heavy atom. The summed E-state index contributed by atoms with van der Waals surface area (Å²) in [6, 6.07) is 9.59. The number of rotatable bonds is 9. The highest BCUT2D eigenvalue weighted by atomic mass is 32.2. The van der Waals surface area contributed by atoms with Crippen molar-refractivity contribution in [2.75, 3.05) is 18.9 Å². The van der Waals surface area contributed by atoms with E-state index in [1.165, 1.54) is 0 Å². The summed E-state index contributed by atoms with van der Waals surface area (Å²) in [6.45, 7) is 2.28. The number of benzene rings is 1. The Balaban J connectivity index is 2.20. The van der Waals surface area contributed by atoms with Crippen molar-refractivity contribution in [1.82, 2.24) is 4.72 Å². The van der Waals surface area contributed by atoms with Gasteiger partial charge in [0.05, 0.1) is 25.1 Å². The first-order valence-corrected chi connectivity index (χ1v) is 7.96. The van der Waals surface area contributed by atoms with Gasteiger partial charge in [-0.15, -0.1) is 0 Å². The van der Waals surface area contributed by atoms with Gasteiger partial charge >= 0.3 is 0 Å². The molecule has 0 aliphatic carbocycles. The van der Waals surface area contributed by atoms with Crippen molar-refractivity contribution in [1.29, 1.82) is 0 Å². The summed E-state index contributed by atoms with van der Waals surface area (Å²) in [5, 5.41) is 9.61. The Morgan fingerprint density at radius 3 is 2.63 bits per heavy atom. The first-order valence-electron chi connectivity index (χ1n) is 6.30. The van der Waals surface area contributed by atoms with Crippen molar-refractivity contribution in [3.05, 3.63) is 35.9 Å². The summed E-state index contributed by atoms with van der Waals surface area (Å²) in [5.74, 6) is 0.0740. The molecule has 0 bridgehead atoms. The van der Waals surface area contributed by atoms with Gasteiger partial charge in [-0.25, -0.2) is 13.1 Å². The van der Waals surface area contributed by atoms with Crippen LogP contribution in [-0.4, -0.2) is 38.5 Å². The largest absolute Gasteiger partial charge is 0.389 e. The molecule has 1 aromatic carbocycles. The van der Waals surface area contributed by atoms with E-state index in [1.54, 1.807) is 6.92 Å². The van der Waals surface area contributed by atoms with Gasteiger partial charge in [-0.2, -0.15) is 0 Å². The van der Waals surface area contributed by atoms with Crippen LogP contribution in [0.4, 0.5) is 0 Å². The normalized spacial score (nSPS) is 13.4. The van der Waals surface area contributed by atoms with E-state index in [0.29, 0.717) is 13.0 Å². The van der Waals surface area contributed by atoms with Crippen LogP contribution < -0.4 is 4.72 Å². The Bertz CT molecular complexity index is 447. The number of aliphatic hydroxyl groups is 1. The van der Waals surface area contributed by atoms with E-state index >= 15 is 0 Å². The second-order valence-electron chi connectivity index (χ2n) is 4.32. The van der Waals surface area contributed by atoms with Gasteiger partial charge in [0.15, 0.2) is 0 Å². The van der Waals surface area contributed by atoms with Crippen LogP contribution in [0.1, 0.15) is 18.9 Å². The second-order valence-corrected chi connectivity index (χ2v) is 6.25. The molecule has 5 nitrogen and oxygen atoms in total. The third-order valence-corrected chi connectivity index (χ3v) is 3.99. The van der Waals surface area contributed by atoms with Crippen LogP contribution in [0.15, 0.2) is 30.3 Å². The highest BCUT2D eigenvalue weighted by molar-refractivity contribution is 7.89. The summed E-state index contributed by atoms with van der Waals surface area (Å²) < 4.78 is 30.4. The molecule has 1 rings (SSSR count). The summed E-state index contributed by atoms with van der Waals surface area (Å²) in [7, 11) is -3.27. The SMILES string of the molecule is CCCS(=O)(=O)NCC(O)COCc1ccccc1. The van der Waals surface area contributed by atoms with Crippen LogP contribution in [0.2, 0.25) is 0 Å². The fraction of sp³-hybridized carbons (Fsp3) is 0.538. The van der Waals surface area contributed by atoms with Crippen molar-refractivity contribution in [2.24, 2.45) is 0 Å². The predicted octanol–water partition coefficient (Wildman–Crippen LogP) is 0.893. The lowest BCUT2D eigenvalue weighted by Gasteiger charge is -2.12. The minimum atomic E-state index is -3.27. The summed E-state index contributed by atoms with van der Waals surface area (Å²) in [6.07, 6.45) is -0.286. The zero-order valence-electron chi connectivity index (χ0n) is 11.1. The lowest BCUT2D eigenvalue weighted by atomic mass is 10.2. The molecule has 0 saturated carbocycles. The van der Waals surface area contributed by atoms with E-state index in [1.807, 2.05) is 30.3 Å². The van der Waals surface area contributed by atoms with Crippen molar-refractivity contribution in [3.63, 3.8) is 0 Å². The van der Waals surface area contributed by atoms with E-state index < -0.39 is 16.1 Å². The molecule has 1 unspecified atom stereocenters. The molecule has 0 heterocycles. The molecule has 0 spiro atoms. The fourth-order valence-electron chi connectivity index (χ4n) is 1.51. The number of ether oxygens (including phenoxy) is 1. The van der Waals surface area contributed by atoms with Gasteiger partial charge in [-0.1, -0.05) is 37.3 Å². The number of sulfonamides is 1. The molecule has 2 N–H and O–H groups in total. The van der Waals surface area contributed by atoms with Gasteiger partial charge in [0.2, 0.25) is 10.0 Å². The fourth-order valence-corrected chi connectivity index (χ4v) is 2.64. The van der Waals surface area contributed by atoms with E-state index in [9.17, 15) is 13.5 Å². The van der Waals surface area contributed by atoms with E-state index in [0.717, 1.165) is 5.56 Å².